The zero-order chi connectivity index (χ0) is 18.3. The van der Waals surface area contributed by atoms with Crippen LogP contribution >= 0.6 is 11.3 Å². The number of hydrogen-bond donors (Lipinski definition) is 2. The topological polar surface area (TPSA) is 109 Å². The van der Waals surface area contributed by atoms with Gasteiger partial charge in [0.2, 0.25) is 5.91 Å². The monoisotopic (exact) mass is 357 g/mol. The van der Waals surface area contributed by atoms with Gasteiger partial charge in [0.1, 0.15) is 22.0 Å². The molecule has 9 heteroatoms. The van der Waals surface area contributed by atoms with Crippen LogP contribution < -0.4 is 5.32 Å². The van der Waals surface area contributed by atoms with E-state index in [1.165, 1.54) is 36.3 Å². The predicted octanol–water partition coefficient (Wildman–Crippen LogP) is 1.29. The molecule has 0 saturated heterocycles. The van der Waals surface area contributed by atoms with Gasteiger partial charge < -0.3 is 20.1 Å². The molecule has 2 N–H and O–H groups in total. The second kappa shape index (κ2) is 9.33. The van der Waals surface area contributed by atoms with E-state index in [0.717, 1.165) is 0 Å². The highest BCUT2D eigenvalue weighted by Gasteiger charge is 2.28. The van der Waals surface area contributed by atoms with Gasteiger partial charge in [0, 0.05) is 26.6 Å². The van der Waals surface area contributed by atoms with E-state index in [0.29, 0.717) is 16.5 Å². The van der Waals surface area contributed by atoms with E-state index in [4.69, 9.17) is 4.74 Å². The summed E-state index contributed by atoms with van der Waals surface area (Å²) in [6.45, 7) is 7.30. The van der Waals surface area contributed by atoms with Gasteiger partial charge in [-0.05, 0) is 20.8 Å². The molecule has 2 atom stereocenters. The molecule has 0 fully saturated rings. The number of carbonyl (C=O) groups is 3. The van der Waals surface area contributed by atoms with Gasteiger partial charge in [0.15, 0.2) is 0 Å². The van der Waals surface area contributed by atoms with Crippen LogP contribution in [0.5, 0.6) is 0 Å². The summed E-state index contributed by atoms with van der Waals surface area (Å²) in [6.07, 6.45) is 1.20. The third kappa shape index (κ3) is 5.57. The molecule has 1 rings (SSSR count). The van der Waals surface area contributed by atoms with Crippen molar-refractivity contribution < 1.29 is 24.2 Å². The highest BCUT2D eigenvalue weighted by Crippen LogP contribution is 2.24. The molecule has 0 spiro atoms. The first kappa shape index (κ1) is 20.0. The van der Waals surface area contributed by atoms with Crippen LogP contribution in [0.25, 0.3) is 0 Å². The molecule has 1 aromatic heterocycles. The van der Waals surface area contributed by atoms with E-state index in [1.807, 2.05) is 13.8 Å². The molecule has 1 heterocycles. The third-order valence-electron chi connectivity index (χ3n) is 3.31. The molecule has 1 aromatic rings. The Balaban J connectivity index is 2.90. The zero-order valence-corrected chi connectivity index (χ0v) is 15.1. The van der Waals surface area contributed by atoms with E-state index < -0.39 is 17.9 Å². The number of aliphatic carboxylic acids is 1. The molecule has 134 valence electrons. The van der Waals surface area contributed by atoms with Crippen LogP contribution in [0.4, 0.5) is 0 Å². The maximum absolute atomic E-state index is 12.6. The Labute approximate surface area is 144 Å². The van der Waals surface area contributed by atoms with Crippen LogP contribution in [-0.2, 0) is 14.3 Å². The number of carboxylic acids is 1. The van der Waals surface area contributed by atoms with Crippen molar-refractivity contribution in [3.8, 4) is 0 Å². The summed E-state index contributed by atoms with van der Waals surface area (Å²) in [5, 5.41) is 12.4. The number of amides is 2. The summed E-state index contributed by atoms with van der Waals surface area (Å²) in [6, 6.07) is -1.01. The predicted molar refractivity (Wildman–Crippen MR) is 89.0 cm³/mol. The normalized spacial score (nSPS) is 13.2. The number of carboxylic acid groups (broad SMARTS) is 1. The molecule has 0 saturated carbocycles. The zero-order valence-electron chi connectivity index (χ0n) is 14.2. The number of thiazole rings is 1. The second-order valence-electron chi connectivity index (χ2n) is 5.16. The van der Waals surface area contributed by atoms with Crippen molar-refractivity contribution in [3.05, 3.63) is 16.1 Å². The fraction of sp³-hybridized carbons (Fsp3) is 0.600. The number of rotatable bonds is 9. The van der Waals surface area contributed by atoms with Crippen molar-refractivity contribution in [3.63, 3.8) is 0 Å². The lowest BCUT2D eigenvalue weighted by atomic mass is 10.2. The summed E-state index contributed by atoms with van der Waals surface area (Å²) in [5.74, 6) is -1.78. The van der Waals surface area contributed by atoms with Gasteiger partial charge in [0.05, 0.1) is 6.20 Å². The van der Waals surface area contributed by atoms with Crippen LogP contribution in [0.1, 0.15) is 48.5 Å². The van der Waals surface area contributed by atoms with Crippen LogP contribution in [0.15, 0.2) is 6.20 Å². The largest absolute Gasteiger partial charge is 0.480 e. The Hall–Kier alpha value is -2.00. The standard InChI is InChI=1S/C15H23N3O5S/c1-5-23-10(3)13-17-8-12(24-13)14(20)18(9(2)15(21)22)7-6-16-11(4)19/h8-10H,5-7H2,1-4H3,(H,16,19)(H,21,22). The Kier molecular flexibility index (Phi) is 7.80. The maximum Gasteiger partial charge on any atom is 0.326 e. The quantitative estimate of drug-likeness (QED) is 0.689. The maximum atomic E-state index is 12.6. The number of nitrogens with one attached hydrogen (secondary N) is 1. The first-order chi connectivity index (χ1) is 11.3. The summed E-state index contributed by atoms with van der Waals surface area (Å²) in [5.41, 5.74) is 0. The van der Waals surface area contributed by atoms with Crippen LogP contribution in [-0.4, -0.2) is 58.5 Å². The van der Waals surface area contributed by atoms with E-state index in [9.17, 15) is 19.5 Å². The van der Waals surface area contributed by atoms with Gasteiger partial charge in [-0.15, -0.1) is 11.3 Å². The van der Waals surface area contributed by atoms with Crippen molar-refractivity contribution in [2.75, 3.05) is 19.7 Å². The minimum atomic E-state index is -1.11. The molecule has 0 aromatic carbocycles. The first-order valence-electron chi connectivity index (χ1n) is 7.63. The third-order valence-corrected chi connectivity index (χ3v) is 4.46. The van der Waals surface area contributed by atoms with Crippen molar-refractivity contribution in [1.82, 2.24) is 15.2 Å². The molecule has 8 nitrogen and oxygen atoms in total. The number of aromatic nitrogens is 1. The van der Waals surface area contributed by atoms with Gasteiger partial charge in [-0.25, -0.2) is 9.78 Å². The minimum Gasteiger partial charge on any atom is -0.480 e. The molecular formula is C15H23N3O5S. The molecular weight excluding hydrogens is 334 g/mol. The van der Waals surface area contributed by atoms with Gasteiger partial charge in [-0.2, -0.15) is 0 Å². The highest BCUT2D eigenvalue weighted by molar-refractivity contribution is 7.13. The van der Waals surface area contributed by atoms with Gasteiger partial charge in [-0.1, -0.05) is 0 Å². The summed E-state index contributed by atoms with van der Waals surface area (Å²) in [7, 11) is 0. The number of ether oxygens (including phenoxy) is 1. The Morgan fingerprint density at radius 2 is 2.08 bits per heavy atom. The lowest BCUT2D eigenvalue weighted by molar-refractivity contribution is -0.141. The lowest BCUT2D eigenvalue weighted by Gasteiger charge is -2.26. The van der Waals surface area contributed by atoms with Gasteiger partial charge >= 0.3 is 5.97 Å². The highest BCUT2D eigenvalue weighted by atomic mass is 32.1. The SMILES string of the molecule is CCOC(C)c1ncc(C(=O)N(CCNC(C)=O)C(C)C(=O)O)s1. The van der Waals surface area contributed by atoms with Gasteiger partial charge in [0.25, 0.3) is 5.91 Å². The molecule has 0 bridgehead atoms. The second-order valence-corrected chi connectivity index (χ2v) is 6.22. The summed E-state index contributed by atoms with van der Waals surface area (Å²) >= 11 is 1.18. The van der Waals surface area contributed by atoms with Crippen molar-refractivity contribution in [2.45, 2.75) is 39.8 Å². The summed E-state index contributed by atoms with van der Waals surface area (Å²) in [4.78, 5) is 40.6. The Bertz CT molecular complexity index is 589. The molecule has 0 aliphatic heterocycles. The minimum absolute atomic E-state index is 0.0973. The molecule has 0 aliphatic carbocycles. The van der Waals surface area contributed by atoms with E-state index >= 15 is 0 Å². The van der Waals surface area contributed by atoms with Crippen LogP contribution in [0, 0.1) is 0 Å². The smallest absolute Gasteiger partial charge is 0.326 e. The average molecular weight is 357 g/mol. The van der Waals surface area contributed by atoms with Crippen LogP contribution in [0.3, 0.4) is 0 Å². The molecule has 2 amide bonds. The molecule has 24 heavy (non-hydrogen) atoms. The van der Waals surface area contributed by atoms with Crippen molar-refractivity contribution in [1.29, 1.82) is 0 Å². The molecule has 2 unspecified atom stereocenters. The van der Waals surface area contributed by atoms with Gasteiger partial charge in [-0.3, -0.25) is 9.59 Å². The van der Waals surface area contributed by atoms with E-state index in [-0.39, 0.29) is 25.1 Å². The Morgan fingerprint density at radius 1 is 1.42 bits per heavy atom. The number of carbonyl (C=O) groups excluding carboxylic acids is 2. The Morgan fingerprint density at radius 3 is 2.62 bits per heavy atom. The fourth-order valence-electron chi connectivity index (χ4n) is 1.99. The number of nitrogens with zero attached hydrogens (tertiary/aromatic N) is 2. The molecule has 0 radical (unpaired) electrons. The van der Waals surface area contributed by atoms with Crippen molar-refractivity contribution >= 4 is 29.1 Å². The van der Waals surface area contributed by atoms with Crippen LogP contribution in [0.2, 0.25) is 0 Å². The molecule has 0 aliphatic rings. The van der Waals surface area contributed by atoms with Crippen molar-refractivity contribution in [2.24, 2.45) is 0 Å². The lowest BCUT2D eigenvalue weighted by Crippen LogP contribution is -2.46. The van der Waals surface area contributed by atoms with E-state index in [1.54, 1.807) is 0 Å². The fourth-order valence-corrected chi connectivity index (χ4v) is 2.87. The summed E-state index contributed by atoms with van der Waals surface area (Å²) < 4.78 is 5.44. The first-order valence-corrected chi connectivity index (χ1v) is 8.45. The van der Waals surface area contributed by atoms with E-state index in [2.05, 4.69) is 10.3 Å². The number of hydrogen-bond acceptors (Lipinski definition) is 6. The average Bonchev–Trinajstić information content (AvgIpc) is 3.00.